The van der Waals surface area contributed by atoms with Gasteiger partial charge in [0.25, 0.3) is 0 Å². The monoisotopic (exact) mass is 358 g/mol. The Morgan fingerprint density at radius 1 is 0.720 bits per heavy atom. The minimum absolute atomic E-state index is 0.241. The standard InChI is InChI=1S/C18H31NO6/c1-2-3-4-5-6-7-8-9-10-11-12-19(13-16(20)21,14-17(22)23)15-18(24)25/h6-7H,2-5,8-15H2,1H3,(H2-,20,21,22,23,24,25)/p+1/b7-6+. The lowest BCUT2D eigenvalue weighted by molar-refractivity contribution is -0.907. The van der Waals surface area contributed by atoms with Gasteiger partial charge in [0, 0.05) is 0 Å². The SMILES string of the molecule is CCCCC/C=C/CCCCC[N+](CC(=O)O)(CC(=O)O)CC(=O)O. The first-order valence-corrected chi connectivity index (χ1v) is 8.97. The maximum atomic E-state index is 11.0. The molecule has 0 saturated carbocycles. The van der Waals surface area contributed by atoms with Crippen LogP contribution in [0.5, 0.6) is 0 Å². The van der Waals surface area contributed by atoms with Crippen LogP contribution < -0.4 is 0 Å². The van der Waals surface area contributed by atoms with Crippen LogP contribution in [0.4, 0.5) is 0 Å². The predicted molar refractivity (Wildman–Crippen MR) is 94.4 cm³/mol. The second-order valence-corrected chi connectivity index (χ2v) is 6.54. The molecule has 0 aromatic heterocycles. The Balaban J connectivity index is 4.34. The van der Waals surface area contributed by atoms with E-state index in [9.17, 15) is 14.4 Å². The number of allylic oxidation sites excluding steroid dienone is 2. The van der Waals surface area contributed by atoms with Gasteiger partial charge in [-0.1, -0.05) is 31.9 Å². The molecule has 0 aliphatic rings. The fourth-order valence-corrected chi connectivity index (χ4v) is 2.90. The van der Waals surface area contributed by atoms with Gasteiger partial charge in [-0.3, -0.25) is 4.48 Å². The molecule has 0 aromatic carbocycles. The van der Waals surface area contributed by atoms with Gasteiger partial charge in [-0.05, 0) is 38.5 Å². The molecule has 0 radical (unpaired) electrons. The van der Waals surface area contributed by atoms with Crippen molar-refractivity contribution in [2.45, 2.75) is 58.3 Å². The summed E-state index contributed by atoms with van der Waals surface area (Å²) < 4.78 is -0.452. The predicted octanol–water partition coefficient (Wildman–Crippen LogP) is 2.75. The van der Waals surface area contributed by atoms with Gasteiger partial charge in [0.05, 0.1) is 6.54 Å². The molecule has 0 amide bonds. The average Bonchev–Trinajstić information content (AvgIpc) is 2.47. The molecule has 7 nitrogen and oxygen atoms in total. The molecule has 25 heavy (non-hydrogen) atoms. The average molecular weight is 358 g/mol. The Kier molecular flexibility index (Phi) is 12.4. The molecule has 0 saturated heterocycles. The lowest BCUT2D eigenvalue weighted by atomic mass is 10.1. The van der Waals surface area contributed by atoms with Crippen molar-refractivity contribution in [1.29, 1.82) is 0 Å². The summed E-state index contributed by atoms with van der Waals surface area (Å²) in [6.07, 6.45) is 12.3. The summed E-state index contributed by atoms with van der Waals surface area (Å²) in [4.78, 5) is 33.1. The van der Waals surface area contributed by atoms with E-state index in [0.29, 0.717) is 6.42 Å². The van der Waals surface area contributed by atoms with Crippen LogP contribution >= 0.6 is 0 Å². The quantitative estimate of drug-likeness (QED) is 0.222. The third kappa shape index (κ3) is 13.1. The Bertz CT molecular complexity index is 406. The molecule has 0 aromatic rings. The van der Waals surface area contributed by atoms with Crippen molar-refractivity contribution in [3.63, 3.8) is 0 Å². The summed E-state index contributed by atoms with van der Waals surface area (Å²) in [6.45, 7) is 0.939. The molecule has 0 aliphatic heterocycles. The van der Waals surface area contributed by atoms with Gasteiger partial charge in [0.1, 0.15) is 0 Å². The van der Waals surface area contributed by atoms with Gasteiger partial charge < -0.3 is 15.3 Å². The van der Waals surface area contributed by atoms with E-state index in [1.807, 2.05) is 0 Å². The second kappa shape index (κ2) is 13.4. The highest BCUT2D eigenvalue weighted by atomic mass is 16.4. The minimum Gasteiger partial charge on any atom is -0.477 e. The fourth-order valence-electron chi connectivity index (χ4n) is 2.90. The molecule has 0 heterocycles. The van der Waals surface area contributed by atoms with Crippen LogP contribution in [-0.2, 0) is 14.4 Å². The largest absolute Gasteiger partial charge is 0.477 e. The van der Waals surface area contributed by atoms with Crippen molar-refractivity contribution < 1.29 is 34.2 Å². The number of carboxylic acids is 3. The molecule has 0 unspecified atom stereocenters. The number of nitrogens with zero attached hydrogens (tertiary/aromatic N) is 1. The molecule has 0 rings (SSSR count). The summed E-state index contributed by atoms with van der Waals surface area (Å²) in [6, 6.07) is 0. The van der Waals surface area contributed by atoms with E-state index in [-0.39, 0.29) is 6.54 Å². The zero-order chi connectivity index (χ0) is 19.1. The lowest BCUT2D eigenvalue weighted by Crippen LogP contribution is -2.57. The number of aliphatic carboxylic acids is 3. The third-order valence-electron chi connectivity index (χ3n) is 4.06. The zero-order valence-corrected chi connectivity index (χ0v) is 15.2. The summed E-state index contributed by atoms with van der Waals surface area (Å²) in [5, 5.41) is 27.1. The molecule has 0 atom stereocenters. The minimum atomic E-state index is -1.18. The van der Waals surface area contributed by atoms with Crippen LogP contribution in [0.1, 0.15) is 58.3 Å². The number of carboxylic acid groups (broad SMARTS) is 3. The van der Waals surface area contributed by atoms with Crippen LogP contribution in [-0.4, -0.2) is 63.9 Å². The van der Waals surface area contributed by atoms with Crippen LogP contribution in [0.2, 0.25) is 0 Å². The normalized spacial score (nSPS) is 11.7. The van der Waals surface area contributed by atoms with Crippen LogP contribution in [0.3, 0.4) is 0 Å². The highest BCUT2D eigenvalue weighted by molar-refractivity contribution is 5.73. The van der Waals surface area contributed by atoms with Crippen molar-refractivity contribution in [2.75, 3.05) is 26.2 Å². The Morgan fingerprint density at radius 2 is 1.16 bits per heavy atom. The lowest BCUT2D eigenvalue weighted by Gasteiger charge is -2.34. The Labute approximate surface area is 149 Å². The molecule has 3 N–H and O–H groups in total. The second-order valence-electron chi connectivity index (χ2n) is 6.54. The number of rotatable bonds is 16. The molecule has 0 fully saturated rings. The highest BCUT2D eigenvalue weighted by Gasteiger charge is 2.35. The van der Waals surface area contributed by atoms with E-state index < -0.39 is 42.0 Å². The molecule has 7 heteroatoms. The summed E-state index contributed by atoms with van der Waals surface area (Å²) in [5.74, 6) is -3.55. The van der Waals surface area contributed by atoms with Crippen LogP contribution in [0, 0.1) is 0 Å². The van der Waals surface area contributed by atoms with Gasteiger partial charge >= 0.3 is 17.9 Å². The first-order valence-electron chi connectivity index (χ1n) is 8.97. The highest BCUT2D eigenvalue weighted by Crippen LogP contribution is 2.12. The Hall–Kier alpha value is -1.89. The van der Waals surface area contributed by atoms with Crippen molar-refractivity contribution >= 4 is 17.9 Å². The smallest absolute Gasteiger partial charge is 0.359 e. The molecule has 0 spiro atoms. The number of hydrogen-bond donors (Lipinski definition) is 3. The number of carbonyl (C=O) groups is 3. The fraction of sp³-hybridized carbons (Fsp3) is 0.722. The van der Waals surface area contributed by atoms with Gasteiger partial charge in [0.2, 0.25) is 0 Å². The molecule has 144 valence electrons. The van der Waals surface area contributed by atoms with Crippen LogP contribution in [0.15, 0.2) is 12.2 Å². The molecule has 0 aliphatic carbocycles. The van der Waals surface area contributed by atoms with Gasteiger partial charge in [0.15, 0.2) is 19.6 Å². The molecular weight excluding hydrogens is 326 g/mol. The first kappa shape index (κ1) is 23.1. The number of hydrogen-bond acceptors (Lipinski definition) is 3. The third-order valence-corrected chi connectivity index (χ3v) is 4.06. The summed E-state index contributed by atoms with van der Waals surface area (Å²) in [7, 11) is 0. The van der Waals surface area contributed by atoms with Gasteiger partial charge in [-0.15, -0.1) is 0 Å². The van der Waals surface area contributed by atoms with E-state index in [0.717, 1.165) is 25.7 Å². The summed E-state index contributed by atoms with van der Waals surface area (Å²) in [5.41, 5.74) is 0. The van der Waals surface area contributed by atoms with Crippen molar-refractivity contribution in [2.24, 2.45) is 0 Å². The molecule has 0 bridgehead atoms. The Morgan fingerprint density at radius 3 is 1.56 bits per heavy atom. The van der Waals surface area contributed by atoms with E-state index in [2.05, 4.69) is 19.1 Å². The van der Waals surface area contributed by atoms with Crippen molar-refractivity contribution in [1.82, 2.24) is 0 Å². The van der Waals surface area contributed by atoms with Crippen LogP contribution in [0.25, 0.3) is 0 Å². The van der Waals surface area contributed by atoms with E-state index in [1.165, 1.54) is 19.3 Å². The number of unbranched alkanes of at least 4 members (excludes halogenated alkanes) is 6. The van der Waals surface area contributed by atoms with Gasteiger partial charge in [-0.2, -0.15) is 0 Å². The first-order chi connectivity index (χ1) is 11.8. The van der Waals surface area contributed by atoms with E-state index in [1.54, 1.807) is 0 Å². The molecular formula is C18H32NO6+. The maximum Gasteiger partial charge on any atom is 0.359 e. The zero-order valence-electron chi connectivity index (χ0n) is 15.2. The van der Waals surface area contributed by atoms with E-state index >= 15 is 0 Å². The van der Waals surface area contributed by atoms with E-state index in [4.69, 9.17) is 15.3 Å². The summed E-state index contributed by atoms with van der Waals surface area (Å²) >= 11 is 0. The van der Waals surface area contributed by atoms with Crippen molar-refractivity contribution in [3.8, 4) is 0 Å². The number of quaternary nitrogens is 1. The maximum absolute atomic E-state index is 11.0. The van der Waals surface area contributed by atoms with Gasteiger partial charge in [-0.25, -0.2) is 14.4 Å². The van der Waals surface area contributed by atoms with Crippen molar-refractivity contribution in [3.05, 3.63) is 12.2 Å². The topological polar surface area (TPSA) is 112 Å².